The van der Waals surface area contributed by atoms with Gasteiger partial charge in [0.25, 0.3) is 5.56 Å². The molecular weight excluding hydrogens is 308 g/mol. The molecule has 3 aromatic heterocycles. The highest BCUT2D eigenvalue weighted by atomic mass is 16.3. The molecule has 0 fully saturated rings. The molecule has 3 aromatic rings. The van der Waals surface area contributed by atoms with Gasteiger partial charge in [-0.2, -0.15) is 5.10 Å². The molecule has 0 spiro atoms. The van der Waals surface area contributed by atoms with Crippen molar-refractivity contribution >= 4 is 22.5 Å². The Bertz CT molecular complexity index is 935. The quantitative estimate of drug-likeness (QED) is 0.751. The van der Waals surface area contributed by atoms with Gasteiger partial charge in [0.2, 0.25) is 5.91 Å². The summed E-state index contributed by atoms with van der Waals surface area (Å²) in [7, 11) is 0. The van der Waals surface area contributed by atoms with Crippen LogP contribution >= 0.6 is 0 Å². The Morgan fingerprint density at radius 1 is 1.42 bits per heavy atom. The van der Waals surface area contributed by atoms with E-state index in [1.807, 2.05) is 26.8 Å². The second-order valence-electron chi connectivity index (χ2n) is 6.09. The maximum absolute atomic E-state index is 12.6. The number of hydrogen-bond acceptors (Lipinski definition) is 4. The van der Waals surface area contributed by atoms with Crippen LogP contribution in [0.1, 0.15) is 38.9 Å². The summed E-state index contributed by atoms with van der Waals surface area (Å²) in [6.07, 6.45) is 3.45. The Kier molecular flexibility index (Phi) is 4.42. The molecule has 0 aromatic carbocycles. The van der Waals surface area contributed by atoms with Crippen LogP contribution < -0.4 is 10.9 Å². The Morgan fingerprint density at radius 2 is 2.21 bits per heavy atom. The SMILES string of the molecule is CC[C@H](C)NC(=O)CCCn1nc(C)n2c(cc3occc32)c1=O. The number of furan rings is 1. The first kappa shape index (κ1) is 16.3. The number of rotatable bonds is 6. The lowest BCUT2D eigenvalue weighted by Crippen LogP contribution is -2.32. The smallest absolute Gasteiger partial charge is 0.291 e. The number of aromatic nitrogens is 3. The molecule has 0 aliphatic carbocycles. The van der Waals surface area contributed by atoms with E-state index >= 15 is 0 Å². The molecule has 24 heavy (non-hydrogen) atoms. The highest BCUT2D eigenvalue weighted by Crippen LogP contribution is 2.19. The summed E-state index contributed by atoms with van der Waals surface area (Å²) in [5.41, 5.74) is 1.88. The van der Waals surface area contributed by atoms with Crippen LogP contribution in [0.25, 0.3) is 16.6 Å². The summed E-state index contributed by atoms with van der Waals surface area (Å²) in [4.78, 5) is 24.4. The van der Waals surface area contributed by atoms with E-state index in [4.69, 9.17) is 4.42 Å². The van der Waals surface area contributed by atoms with Crippen molar-refractivity contribution in [3.8, 4) is 0 Å². The van der Waals surface area contributed by atoms with E-state index in [1.165, 1.54) is 4.68 Å². The van der Waals surface area contributed by atoms with Crippen molar-refractivity contribution in [2.24, 2.45) is 0 Å². The predicted octanol–water partition coefficient (Wildman–Crippen LogP) is 2.25. The first-order valence-electron chi connectivity index (χ1n) is 8.27. The summed E-state index contributed by atoms with van der Waals surface area (Å²) in [6.45, 7) is 6.27. The van der Waals surface area contributed by atoms with Gasteiger partial charge in [-0.3, -0.25) is 14.0 Å². The van der Waals surface area contributed by atoms with Crippen LogP contribution in [0.5, 0.6) is 0 Å². The molecule has 0 unspecified atom stereocenters. The molecule has 1 N–H and O–H groups in total. The molecule has 0 aliphatic heterocycles. The van der Waals surface area contributed by atoms with Gasteiger partial charge < -0.3 is 9.73 Å². The monoisotopic (exact) mass is 330 g/mol. The minimum Gasteiger partial charge on any atom is -0.463 e. The van der Waals surface area contributed by atoms with Gasteiger partial charge in [-0.15, -0.1) is 0 Å². The number of nitrogens with one attached hydrogen (secondary N) is 1. The minimum absolute atomic E-state index is 0.00963. The Hall–Kier alpha value is -2.57. The van der Waals surface area contributed by atoms with E-state index in [0.29, 0.717) is 36.3 Å². The number of fused-ring (bicyclic) bond motifs is 3. The fraction of sp³-hybridized carbons (Fsp3) is 0.471. The van der Waals surface area contributed by atoms with E-state index in [0.717, 1.165) is 11.9 Å². The molecule has 3 heterocycles. The number of nitrogens with zero attached hydrogens (tertiary/aromatic N) is 3. The topological polar surface area (TPSA) is 81.5 Å². The van der Waals surface area contributed by atoms with Crippen molar-refractivity contribution in [3.63, 3.8) is 0 Å². The average molecular weight is 330 g/mol. The largest absolute Gasteiger partial charge is 0.463 e. The third-order valence-electron chi connectivity index (χ3n) is 4.26. The van der Waals surface area contributed by atoms with Gasteiger partial charge in [-0.25, -0.2) is 4.68 Å². The van der Waals surface area contributed by atoms with Gasteiger partial charge in [0, 0.05) is 31.1 Å². The lowest BCUT2D eigenvalue weighted by atomic mass is 10.2. The fourth-order valence-corrected chi connectivity index (χ4v) is 2.82. The number of carbonyl (C=O) groups excluding carboxylic acids is 1. The van der Waals surface area contributed by atoms with E-state index in [2.05, 4.69) is 10.4 Å². The summed E-state index contributed by atoms with van der Waals surface area (Å²) < 4.78 is 8.59. The van der Waals surface area contributed by atoms with E-state index in [9.17, 15) is 9.59 Å². The van der Waals surface area contributed by atoms with Crippen molar-refractivity contribution in [2.75, 3.05) is 0 Å². The molecule has 7 nitrogen and oxygen atoms in total. The Morgan fingerprint density at radius 3 is 2.96 bits per heavy atom. The van der Waals surface area contributed by atoms with E-state index in [1.54, 1.807) is 16.7 Å². The van der Waals surface area contributed by atoms with Crippen LogP contribution in [0.2, 0.25) is 0 Å². The van der Waals surface area contributed by atoms with Crippen molar-refractivity contribution in [3.05, 3.63) is 34.6 Å². The maximum atomic E-state index is 12.6. The van der Waals surface area contributed by atoms with Crippen molar-refractivity contribution in [1.82, 2.24) is 19.5 Å². The highest BCUT2D eigenvalue weighted by Gasteiger charge is 2.14. The van der Waals surface area contributed by atoms with Crippen molar-refractivity contribution < 1.29 is 9.21 Å². The van der Waals surface area contributed by atoms with E-state index in [-0.39, 0.29) is 17.5 Å². The van der Waals surface area contributed by atoms with Gasteiger partial charge >= 0.3 is 0 Å². The number of amides is 1. The summed E-state index contributed by atoms with van der Waals surface area (Å²) in [5, 5.41) is 7.29. The third kappa shape index (κ3) is 2.93. The van der Waals surface area contributed by atoms with Crippen molar-refractivity contribution in [1.29, 1.82) is 0 Å². The molecular formula is C17H22N4O3. The third-order valence-corrected chi connectivity index (χ3v) is 4.26. The molecule has 3 rings (SSSR count). The molecule has 0 saturated carbocycles. The first-order chi connectivity index (χ1) is 11.5. The van der Waals surface area contributed by atoms with Gasteiger partial charge in [-0.1, -0.05) is 6.92 Å². The second-order valence-corrected chi connectivity index (χ2v) is 6.09. The van der Waals surface area contributed by atoms with Crippen LogP contribution in [-0.4, -0.2) is 26.1 Å². The van der Waals surface area contributed by atoms with E-state index < -0.39 is 0 Å². The zero-order valence-electron chi connectivity index (χ0n) is 14.2. The van der Waals surface area contributed by atoms with Gasteiger partial charge in [-0.05, 0) is 26.7 Å². The second kappa shape index (κ2) is 6.51. The van der Waals surface area contributed by atoms with Crippen molar-refractivity contribution in [2.45, 2.75) is 52.6 Å². The number of hydrogen-bond donors (Lipinski definition) is 1. The normalized spacial score (nSPS) is 12.8. The molecule has 7 heteroatoms. The summed E-state index contributed by atoms with van der Waals surface area (Å²) in [5.74, 6) is 0.723. The Balaban J connectivity index is 1.77. The van der Waals surface area contributed by atoms with Crippen LogP contribution in [-0.2, 0) is 11.3 Å². The number of aryl methyl sites for hydroxylation is 2. The molecule has 0 radical (unpaired) electrons. The molecule has 0 saturated heterocycles. The summed E-state index contributed by atoms with van der Waals surface area (Å²) in [6, 6.07) is 3.73. The van der Waals surface area contributed by atoms with Crippen LogP contribution in [0, 0.1) is 6.92 Å². The number of carbonyl (C=O) groups is 1. The minimum atomic E-state index is -0.172. The molecule has 0 aliphatic rings. The van der Waals surface area contributed by atoms with Crippen LogP contribution in [0.3, 0.4) is 0 Å². The fourth-order valence-electron chi connectivity index (χ4n) is 2.82. The van der Waals surface area contributed by atoms with Crippen LogP contribution in [0.15, 0.2) is 27.6 Å². The average Bonchev–Trinajstić information content (AvgIpc) is 3.12. The highest BCUT2D eigenvalue weighted by molar-refractivity contribution is 5.82. The lowest BCUT2D eigenvalue weighted by molar-refractivity contribution is -0.121. The molecule has 1 amide bonds. The first-order valence-corrected chi connectivity index (χ1v) is 8.27. The predicted molar refractivity (Wildman–Crippen MR) is 91.1 cm³/mol. The zero-order chi connectivity index (χ0) is 17.3. The molecule has 128 valence electrons. The molecule has 1 atom stereocenters. The van der Waals surface area contributed by atoms with Crippen LogP contribution in [0.4, 0.5) is 0 Å². The van der Waals surface area contributed by atoms with Gasteiger partial charge in [0.15, 0.2) is 5.58 Å². The summed E-state index contributed by atoms with van der Waals surface area (Å²) >= 11 is 0. The zero-order valence-corrected chi connectivity index (χ0v) is 14.2. The van der Waals surface area contributed by atoms with Gasteiger partial charge in [0.1, 0.15) is 11.3 Å². The maximum Gasteiger partial charge on any atom is 0.291 e. The van der Waals surface area contributed by atoms with Gasteiger partial charge in [0.05, 0.1) is 11.8 Å². The molecule has 0 bridgehead atoms. The standard InChI is InChI=1S/C17H22N4O3/c1-4-11(2)18-16(22)6-5-8-20-17(23)14-10-15-13(7-9-24-15)21(14)12(3)19-20/h7,9-11H,4-6,8H2,1-3H3,(H,18,22)/t11-/m0/s1. The lowest BCUT2D eigenvalue weighted by Gasteiger charge is -2.11. The Labute approximate surface area is 139 Å².